The van der Waals surface area contributed by atoms with Crippen LogP contribution in [0, 0.1) is 5.92 Å². The summed E-state index contributed by atoms with van der Waals surface area (Å²) in [6.07, 6.45) is 4.82. The topological polar surface area (TPSA) is 29.1 Å². The molecule has 2 nitrogen and oxygen atoms in total. The van der Waals surface area contributed by atoms with Crippen molar-refractivity contribution in [1.82, 2.24) is 5.32 Å². The summed E-state index contributed by atoms with van der Waals surface area (Å²) in [6.45, 7) is 5.63. The van der Waals surface area contributed by atoms with Crippen molar-refractivity contribution in [3.05, 3.63) is 12.7 Å². The first-order valence-electron chi connectivity index (χ1n) is 4.15. The van der Waals surface area contributed by atoms with Crippen molar-refractivity contribution in [2.24, 2.45) is 5.92 Å². The van der Waals surface area contributed by atoms with E-state index in [0.717, 1.165) is 18.8 Å². The molecule has 1 fully saturated rings. The first kappa shape index (κ1) is 8.31. The molecule has 0 radical (unpaired) electrons. The molecule has 1 aliphatic carbocycles. The van der Waals surface area contributed by atoms with E-state index in [1.54, 1.807) is 0 Å². The van der Waals surface area contributed by atoms with Crippen molar-refractivity contribution < 1.29 is 4.79 Å². The molecule has 1 saturated carbocycles. The molecule has 0 bridgehead atoms. The maximum atomic E-state index is 10.8. The van der Waals surface area contributed by atoms with Gasteiger partial charge in [0.1, 0.15) is 0 Å². The Morgan fingerprint density at radius 2 is 2.36 bits per heavy atom. The Morgan fingerprint density at radius 1 is 1.64 bits per heavy atom. The van der Waals surface area contributed by atoms with Crippen LogP contribution in [0.4, 0.5) is 0 Å². The normalized spacial score (nSPS) is 29.9. The van der Waals surface area contributed by atoms with E-state index in [1.807, 2.05) is 0 Å². The van der Waals surface area contributed by atoms with Crippen LogP contribution >= 0.6 is 0 Å². The van der Waals surface area contributed by atoms with Gasteiger partial charge in [-0.1, -0.05) is 13.5 Å². The molecule has 1 rings (SSSR count). The van der Waals surface area contributed by atoms with Crippen molar-refractivity contribution in [3.63, 3.8) is 0 Å². The molecule has 0 saturated heterocycles. The largest absolute Gasteiger partial charge is 0.350 e. The van der Waals surface area contributed by atoms with E-state index in [1.165, 1.54) is 12.5 Å². The fourth-order valence-electron chi connectivity index (χ4n) is 1.60. The lowest BCUT2D eigenvalue weighted by Crippen LogP contribution is -2.31. The van der Waals surface area contributed by atoms with Crippen molar-refractivity contribution in [3.8, 4) is 0 Å². The summed E-state index contributed by atoms with van der Waals surface area (Å²) in [4.78, 5) is 10.8. The number of carbonyl (C=O) groups excluding carboxylic acids is 1. The van der Waals surface area contributed by atoms with Crippen molar-refractivity contribution in [2.45, 2.75) is 32.2 Å². The van der Waals surface area contributed by atoms with Gasteiger partial charge in [-0.05, 0) is 31.3 Å². The van der Waals surface area contributed by atoms with Crippen LogP contribution < -0.4 is 5.32 Å². The molecule has 0 unspecified atom stereocenters. The highest BCUT2D eigenvalue weighted by Crippen LogP contribution is 2.24. The summed E-state index contributed by atoms with van der Waals surface area (Å²) in [5, 5.41) is 2.90. The lowest BCUT2D eigenvalue weighted by molar-refractivity contribution is -0.117. The van der Waals surface area contributed by atoms with Gasteiger partial charge in [0.15, 0.2) is 0 Å². The number of amides is 1. The van der Waals surface area contributed by atoms with Crippen LogP contribution in [0.15, 0.2) is 12.7 Å². The van der Waals surface area contributed by atoms with Gasteiger partial charge >= 0.3 is 0 Å². The Bertz CT molecular complexity index is 165. The number of hydrogen-bond acceptors (Lipinski definition) is 1. The molecule has 0 aliphatic heterocycles. The zero-order chi connectivity index (χ0) is 8.27. The molecule has 0 aromatic carbocycles. The Kier molecular flexibility index (Phi) is 2.69. The Morgan fingerprint density at radius 3 is 2.82 bits per heavy atom. The third-order valence-corrected chi connectivity index (χ3v) is 2.23. The average Bonchev–Trinajstić information content (AvgIpc) is 2.35. The molecule has 62 valence electrons. The van der Waals surface area contributed by atoms with Crippen molar-refractivity contribution >= 4 is 5.91 Å². The zero-order valence-corrected chi connectivity index (χ0v) is 6.97. The highest BCUT2D eigenvalue weighted by molar-refractivity contribution is 5.87. The molecule has 1 aliphatic rings. The molecule has 1 amide bonds. The molecule has 1 N–H and O–H groups in total. The second-order valence-electron chi connectivity index (χ2n) is 3.33. The second-order valence-corrected chi connectivity index (χ2v) is 3.33. The fourth-order valence-corrected chi connectivity index (χ4v) is 1.60. The third kappa shape index (κ3) is 2.37. The lowest BCUT2D eigenvalue weighted by Gasteiger charge is -2.09. The van der Waals surface area contributed by atoms with Crippen molar-refractivity contribution in [2.75, 3.05) is 0 Å². The van der Waals surface area contributed by atoms with E-state index in [4.69, 9.17) is 0 Å². The molecule has 0 heterocycles. The molecule has 2 heteroatoms. The van der Waals surface area contributed by atoms with Gasteiger partial charge in [-0.3, -0.25) is 4.79 Å². The summed E-state index contributed by atoms with van der Waals surface area (Å²) in [7, 11) is 0. The van der Waals surface area contributed by atoms with E-state index in [2.05, 4.69) is 18.8 Å². The van der Waals surface area contributed by atoms with E-state index in [9.17, 15) is 4.79 Å². The van der Waals surface area contributed by atoms with Crippen LogP contribution in [0.25, 0.3) is 0 Å². The summed E-state index contributed by atoms with van der Waals surface area (Å²) >= 11 is 0. The Labute approximate surface area is 67.7 Å². The van der Waals surface area contributed by atoms with E-state index in [0.29, 0.717) is 6.04 Å². The predicted octanol–water partition coefficient (Wildman–Crippen LogP) is 1.48. The van der Waals surface area contributed by atoms with Crippen LogP contribution in [0.1, 0.15) is 26.2 Å². The first-order chi connectivity index (χ1) is 5.22. The molecule has 0 aromatic heterocycles. The van der Waals surface area contributed by atoms with Gasteiger partial charge < -0.3 is 5.32 Å². The summed E-state index contributed by atoms with van der Waals surface area (Å²) in [6, 6.07) is 0.399. The monoisotopic (exact) mass is 153 g/mol. The number of carbonyl (C=O) groups is 1. The average molecular weight is 153 g/mol. The summed E-state index contributed by atoms with van der Waals surface area (Å²) in [5.74, 6) is 0.731. The zero-order valence-electron chi connectivity index (χ0n) is 6.97. The molecule has 11 heavy (non-hydrogen) atoms. The van der Waals surface area contributed by atoms with Gasteiger partial charge in [0, 0.05) is 6.04 Å². The highest BCUT2D eigenvalue weighted by atomic mass is 16.1. The Balaban J connectivity index is 2.28. The summed E-state index contributed by atoms with van der Waals surface area (Å²) in [5.41, 5.74) is 0. The lowest BCUT2D eigenvalue weighted by atomic mass is 10.1. The van der Waals surface area contributed by atoms with E-state index in [-0.39, 0.29) is 5.91 Å². The smallest absolute Gasteiger partial charge is 0.243 e. The molecule has 0 aromatic rings. The third-order valence-electron chi connectivity index (χ3n) is 2.23. The second kappa shape index (κ2) is 3.56. The number of rotatable bonds is 2. The molecule has 2 atom stereocenters. The van der Waals surface area contributed by atoms with E-state index < -0.39 is 0 Å². The van der Waals surface area contributed by atoms with Crippen LogP contribution in [0.5, 0.6) is 0 Å². The van der Waals surface area contributed by atoms with E-state index >= 15 is 0 Å². The molecular weight excluding hydrogens is 138 g/mol. The highest BCUT2D eigenvalue weighted by Gasteiger charge is 2.21. The van der Waals surface area contributed by atoms with Crippen LogP contribution in [0.2, 0.25) is 0 Å². The van der Waals surface area contributed by atoms with Crippen LogP contribution in [-0.4, -0.2) is 11.9 Å². The SMILES string of the molecule is C=CC(=O)N[C@H]1CC[C@H](C)C1. The van der Waals surface area contributed by atoms with Gasteiger partial charge in [0.25, 0.3) is 0 Å². The van der Waals surface area contributed by atoms with Gasteiger partial charge in [0.05, 0.1) is 0 Å². The van der Waals surface area contributed by atoms with Crippen LogP contribution in [0.3, 0.4) is 0 Å². The number of nitrogens with one attached hydrogen (secondary N) is 1. The first-order valence-corrected chi connectivity index (χ1v) is 4.15. The van der Waals surface area contributed by atoms with Gasteiger partial charge in [-0.15, -0.1) is 0 Å². The maximum absolute atomic E-state index is 10.8. The molecular formula is C9H15NO. The summed E-state index contributed by atoms with van der Waals surface area (Å²) < 4.78 is 0. The van der Waals surface area contributed by atoms with Crippen LogP contribution in [-0.2, 0) is 4.79 Å². The molecule has 0 spiro atoms. The quantitative estimate of drug-likeness (QED) is 0.598. The fraction of sp³-hybridized carbons (Fsp3) is 0.667. The minimum absolute atomic E-state index is 0.0379. The van der Waals surface area contributed by atoms with Gasteiger partial charge in [0.2, 0.25) is 5.91 Å². The van der Waals surface area contributed by atoms with Gasteiger partial charge in [-0.25, -0.2) is 0 Å². The maximum Gasteiger partial charge on any atom is 0.243 e. The van der Waals surface area contributed by atoms with Crippen molar-refractivity contribution in [1.29, 1.82) is 0 Å². The van der Waals surface area contributed by atoms with Gasteiger partial charge in [-0.2, -0.15) is 0 Å². The standard InChI is InChI=1S/C9H15NO/c1-3-9(11)10-8-5-4-7(2)6-8/h3,7-8H,1,4-6H2,2H3,(H,10,11)/t7-,8-/m0/s1. The number of hydrogen-bond donors (Lipinski definition) is 1. The predicted molar refractivity (Wildman–Crippen MR) is 45.1 cm³/mol. The minimum Gasteiger partial charge on any atom is -0.350 e. The minimum atomic E-state index is -0.0379. The Hall–Kier alpha value is -0.790.